The summed E-state index contributed by atoms with van der Waals surface area (Å²) < 4.78 is 7.26. The number of fused-ring (bicyclic) bond motifs is 1. The van der Waals surface area contributed by atoms with Gasteiger partial charge in [-0.2, -0.15) is 9.97 Å². The Balaban J connectivity index is 1.60. The van der Waals surface area contributed by atoms with E-state index in [4.69, 9.17) is 10.5 Å². The van der Waals surface area contributed by atoms with Gasteiger partial charge in [-0.25, -0.2) is 4.79 Å². The molecule has 2 aromatic heterocycles. The number of nitrogen functional groups attached to an aromatic ring is 1. The molecule has 3 N–H and O–H groups in total. The summed E-state index contributed by atoms with van der Waals surface area (Å²) in [5.41, 5.74) is 6.86. The minimum Gasteiger partial charge on any atom is -0.463 e. The maximum absolute atomic E-state index is 12.4. The first-order valence-electron chi connectivity index (χ1n) is 10.7. The molecule has 3 rings (SSSR count). The van der Waals surface area contributed by atoms with Crippen molar-refractivity contribution in [3.8, 4) is 6.01 Å². The summed E-state index contributed by atoms with van der Waals surface area (Å²) >= 11 is 0. The Morgan fingerprint density at radius 2 is 2.11 bits per heavy atom. The average molecular weight is 391 g/mol. The maximum Gasteiger partial charge on any atom is 0.327 e. The molecule has 3 heterocycles. The summed E-state index contributed by atoms with van der Waals surface area (Å²) in [6, 6.07) is 0.244. The number of aromatic amines is 1. The van der Waals surface area contributed by atoms with E-state index in [2.05, 4.69) is 33.7 Å². The molecular weight excluding hydrogens is 356 g/mol. The summed E-state index contributed by atoms with van der Waals surface area (Å²) in [7, 11) is 0. The number of unbranched alkanes of at least 4 members (excludes halogenated alkanes) is 2. The molecule has 156 valence electrons. The van der Waals surface area contributed by atoms with Crippen LogP contribution in [0.1, 0.15) is 58.8 Å². The van der Waals surface area contributed by atoms with Crippen LogP contribution in [0.3, 0.4) is 0 Å². The second-order valence-corrected chi connectivity index (χ2v) is 7.77. The number of ether oxygens (including phenoxy) is 1. The average Bonchev–Trinajstić information content (AvgIpc) is 3.02. The van der Waals surface area contributed by atoms with Crippen molar-refractivity contribution in [3.05, 3.63) is 10.5 Å². The lowest BCUT2D eigenvalue weighted by Crippen LogP contribution is -2.35. The summed E-state index contributed by atoms with van der Waals surface area (Å²) in [6.45, 7) is 9.11. The minimum absolute atomic E-state index is 0.184. The summed E-state index contributed by atoms with van der Waals surface area (Å²) in [5, 5.41) is 0. The third-order valence-electron chi connectivity index (χ3n) is 5.65. The summed E-state index contributed by atoms with van der Waals surface area (Å²) in [4.78, 5) is 26.3. The third kappa shape index (κ3) is 5.04. The molecule has 0 saturated carbocycles. The molecule has 1 aliphatic rings. The number of imidazole rings is 1. The predicted octanol–water partition coefficient (Wildman–Crippen LogP) is 2.78. The van der Waals surface area contributed by atoms with Crippen LogP contribution in [0.4, 0.5) is 5.82 Å². The molecule has 1 aliphatic heterocycles. The molecule has 2 aromatic rings. The van der Waals surface area contributed by atoms with E-state index in [1.807, 2.05) is 0 Å². The molecule has 28 heavy (non-hydrogen) atoms. The highest BCUT2D eigenvalue weighted by molar-refractivity contribution is 5.81. The van der Waals surface area contributed by atoms with E-state index in [1.165, 1.54) is 32.4 Å². The van der Waals surface area contributed by atoms with Gasteiger partial charge in [0.25, 0.3) is 0 Å². The molecular formula is C20H34N6O2. The van der Waals surface area contributed by atoms with Gasteiger partial charge in [0.1, 0.15) is 5.52 Å². The topological polar surface area (TPSA) is 102 Å². The first-order valence-corrected chi connectivity index (χ1v) is 10.7. The van der Waals surface area contributed by atoms with Gasteiger partial charge in [-0.1, -0.05) is 26.7 Å². The largest absolute Gasteiger partial charge is 0.463 e. The highest BCUT2D eigenvalue weighted by Crippen LogP contribution is 2.22. The highest BCUT2D eigenvalue weighted by Gasteiger charge is 2.18. The highest BCUT2D eigenvalue weighted by atomic mass is 16.5. The monoisotopic (exact) mass is 390 g/mol. The van der Waals surface area contributed by atoms with Crippen LogP contribution in [0.2, 0.25) is 0 Å². The van der Waals surface area contributed by atoms with Crippen molar-refractivity contribution in [2.45, 2.75) is 65.3 Å². The van der Waals surface area contributed by atoms with E-state index in [0.29, 0.717) is 24.3 Å². The first-order chi connectivity index (χ1) is 13.6. The number of rotatable bonds is 10. The fourth-order valence-corrected chi connectivity index (χ4v) is 3.99. The first kappa shape index (κ1) is 20.6. The van der Waals surface area contributed by atoms with E-state index in [-0.39, 0.29) is 17.5 Å². The van der Waals surface area contributed by atoms with Crippen LogP contribution in [-0.2, 0) is 6.54 Å². The molecule has 1 unspecified atom stereocenters. The molecule has 0 bridgehead atoms. The van der Waals surface area contributed by atoms with Gasteiger partial charge in [0, 0.05) is 13.1 Å². The zero-order valence-corrected chi connectivity index (χ0v) is 17.2. The molecule has 8 nitrogen and oxygen atoms in total. The lowest BCUT2D eigenvalue weighted by atomic mass is 9.93. The number of nitrogens with zero attached hydrogens (tertiary/aromatic N) is 4. The number of hydrogen-bond acceptors (Lipinski definition) is 6. The van der Waals surface area contributed by atoms with Crippen LogP contribution < -0.4 is 16.2 Å². The molecule has 8 heteroatoms. The van der Waals surface area contributed by atoms with Gasteiger partial charge >= 0.3 is 11.7 Å². The number of H-pyrrole nitrogens is 1. The van der Waals surface area contributed by atoms with Crippen LogP contribution in [0.25, 0.3) is 11.2 Å². The molecule has 0 amide bonds. The molecule has 0 spiro atoms. The lowest BCUT2D eigenvalue weighted by molar-refractivity contribution is 0.174. The normalized spacial score (nSPS) is 18.0. The van der Waals surface area contributed by atoms with Crippen molar-refractivity contribution in [1.29, 1.82) is 0 Å². The summed E-state index contributed by atoms with van der Waals surface area (Å²) in [5.74, 6) is 1.04. The van der Waals surface area contributed by atoms with Crippen molar-refractivity contribution in [3.63, 3.8) is 0 Å². The van der Waals surface area contributed by atoms with Crippen molar-refractivity contribution >= 4 is 17.0 Å². The number of nitrogens with two attached hydrogens (primary N) is 1. The van der Waals surface area contributed by atoms with Crippen LogP contribution in [0.5, 0.6) is 6.01 Å². The zero-order chi connectivity index (χ0) is 19.9. The van der Waals surface area contributed by atoms with Crippen molar-refractivity contribution in [2.75, 3.05) is 32.0 Å². The van der Waals surface area contributed by atoms with E-state index >= 15 is 0 Å². The Bertz CT molecular complexity index is 815. The number of nitrogens with one attached hydrogen (secondary N) is 1. The molecule has 1 atom stereocenters. The number of aromatic nitrogens is 4. The zero-order valence-electron chi connectivity index (χ0n) is 17.2. The Morgan fingerprint density at radius 1 is 1.25 bits per heavy atom. The van der Waals surface area contributed by atoms with Gasteiger partial charge in [-0.3, -0.25) is 4.57 Å². The van der Waals surface area contributed by atoms with E-state index in [1.54, 1.807) is 4.57 Å². The Labute approximate surface area is 166 Å². The smallest absolute Gasteiger partial charge is 0.327 e. The van der Waals surface area contributed by atoms with Gasteiger partial charge in [0.2, 0.25) is 0 Å². The minimum atomic E-state index is -0.184. The van der Waals surface area contributed by atoms with E-state index in [9.17, 15) is 4.79 Å². The lowest BCUT2D eigenvalue weighted by Gasteiger charge is -2.31. The summed E-state index contributed by atoms with van der Waals surface area (Å²) in [6.07, 6.45) is 7.87. The third-order valence-corrected chi connectivity index (χ3v) is 5.65. The van der Waals surface area contributed by atoms with Crippen molar-refractivity contribution < 1.29 is 4.74 Å². The Kier molecular flexibility index (Phi) is 7.30. The number of hydrogen-bond donors (Lipinski definition) is 2. The van der Waals surface area contributed by atoms with Gasteiger partial charge in [-0.15, -0.1) is 0 Å². The van der Waals surface area contributed by atoms with E-state index < -0.39 is 0 Å². The molecule has 0 aliphatic carbocycles. The van der Waals surface area contributed by atoms with Crippen LogP contribution in [-0.4, -0.2) is 50.7 Å². The number of piperidine rings is 1. The van der Waals surface area contributed by atoms with Gasteiger partial charge in [0.05, 0.1) is 6.61 Å². The number of likely N-dealkylation sites (tertiary alicyclic amines) is 1. The number of aryl methyl sites for hydroxylation is 1. The maximum atomic E-state index is 12.4. The predicted molar refractivity (Wildman–Crippen MR) is 112 cm³/mol. The molecule has 1 fully saturated rings. The van der Waals surface area contributed by atoms with Crippen LogP contribution >= 0.6 is 0 Å². The standard InChI is InChI=1S/C20H34N6O2/c1-3-5-13-28-19-23-17(21)16-18(24-19)26(20(27)22-16)12-7-6-9-15-10-8-11-25(4-2)14-15/h15H,3-14H2,1-2H3,(H,22,27)(H2,21,23,24). The number of anilines is 1. The Hall–Kier alpha value is -2.09. The van der Waals surface area contributed by atoms with Gasteiger partial charge in [0.15, 0.2) is 11.5 Å². The SMILES string of the molecule is CCCCOc1nc(N)c2[nH]c(=O)n(CCCCC3CCCN(CC)C3)c2n1. The fourth-order valence-electron chi connectivity index (χ4n) is 3.99. The molecule has 0 aromatic carbocycles. The Morgan fingerprint density at radius 3 is 2.89 bits per heavy atom. The quantitative estimate of drug-likeness (QED) is 0.605. The second-order valence-electron chi connectivity index (χ2n) is 7.77. The van der Waals surface area contributed by atoms with Gasteiger partial charge < -0.3 is 20.4 Å². The molecule has 1 saturated heterocycles. The van der Waals surface area contributed by atoms with E-state index in [0.717, 1.165) is 38.1 Å². The fraction of sp³-hybridized carbons (Fsp3) is 0.750. The van der Waals surface area contributed by atoms with Crippen LogP contribution in [0, 0.1) is 5.92 Å². The van der Waals surface area contributed by atoms with Crippen LogP contribution in [0.15, 0.2) is 4.79 Å². The van der Waals surface area contributed by atoms with Crippen molar-refractivity contribution in [1.82, 2.24) is 24.4 Å². The van der Waals surface area contributed by atoms with Gasteiger partial charge in [-0.05, 0) is 51.1 Å². The second kappa shape index (κ2) is 9.91. The van der Waals surface area contributed by atoms with Crippen molar-refractivity contribution in [2.24, 2.45) is 5.92 Å². The molecule has 0 radical (unpaired) electrons.